The number of hydrogen-bond acceptors (Lipinski definition) is 7. The Kier molecular flexibility index (Phi) is 8.87. The molecule has 0 aliphatic carbocycles. The first-order valence-corrected chi connectivity index (χ1v) is 15.3. The lowest BCUT2D eigenvalue weighted by Gasteiger charge is -2.17. The summed E-state index contributed by atoms with van der Waals surface area (Å²) in [6.07, 6.45) is 2.81. The van der Waals surface area contributed by atoms with Crippen LogP contribution in [0, 0.1) is 11.6 Å². The van der Waals surface area contributed by atoms with E-state index in [4.69, 9.17) is 4.74 Å². The van der Waals surface area contributed by atoms with Gasteiger partial charge in [0, 0.05) is 19.7 Å². The molecule has 1 amide bonds. The maximum absolute atomic E-state index is 15.0. The third-order valence-electron chi connectivity index (χ3n) is 7.06. The Balaban J connectivity index is 1.32. The molecule has 0 saturated carbocycles. The van der Waals surface area contributed by atoms with Crippen molar-refractivity contribution in [1.82, 2.24) is 19.7 Å². The third kappa shape index (κ3) is 6.30. The number of halogens is 2. The number of hydrogen-bond donors (Lipinski definition) is 3. The second-order valence-corrected chi connectivity index (χ2v) is 11.7. The molecule has 2 heterocycles. The Labute approximate surface area is 260 Å². The predicted octanol–water partition coefficient (Wildman–Crippen LogP) is 3.63. The lowest BCUT2D eigenvalue weighted by Crippen LogP contribution is -2.43. The van der Waals surface area contributed by atoms with Gasteiger partial charge in [0.25, 0.3) is 21.5 Å². The number of amides is 1. The molecule has 0 saturated heterocycles. The maximum atomic E-state index is 15.0. The van der Waals surface area contributed by atoms with Crippen molar-refractivity contribution >= 4 is 38.5 Å². The van der Waals surface area contributed by atoms with E-state index in [1.807, 2.05) is 0 Å². The van der Waals surface area contributed by atoms with Gasteiger partial charge in [0.1, 0.15) is 33.9 Å². The van der Waals surface area contributed by atoms with Crippen LogP contribution in [0.15, 0.2) is 88.8 Å². The number of fused-ring (bicyclic) bond motifs is 1. The summed E-state index contributed by atoms with van der Waals surface area (Å²) in [6.45, 7) is 1.83. The number of nitrogens with zero attached hydrogens (tertiary/aromatic N) is 3. The number of anilines is 1. The monoisotopic (exact) mass is 651 g/mol. The van der Waals surface area contributed by atoms with Gasteiger partial charge in [-0.3, -0.25) is 24.0 Å². The molecule has 0 spiro atoms. The summed E-state index contributed by atoms with van der Waals surface area (Å²) >= 11 is 0. The van der Waals surface area contributed by atoms with Gasteiger partial charge in [-0.2, -0.15) is 0 Å². The Hall–Kier alpha value is -5.57. The van der Waals surface area contributed by atoms with Gasteiger partial charge in [-0.15, -0.1) is 0 Å². The molecule has 3 N–H and O–H groups in total. The minimum atomic E-state index is -4.34. The normalized spacial score (nSPS) is 12.1. The van der Waals surface area contributed by atoms with Gasteiger partial charge in [0.05, 0.1) is 35.1 Å². The number of carbonyl (C=O) groups excluding carboxylic acids is 1. The van der Waals surface area contributed by atoms with E-state index in [0.29, 0.717) is 34.3 Å². The van der Waals surface area contributed by atoms with E-state index in [2.05, 4.69) is 15.0 Å². The molecule has 12 nitrogen and oxygen atoms in total. The number of carboxylic acid groups (broad SMARTS) is 1. The lowest BCUT2D eigenvalue weighted by atomic mass is 10.0. The van der Waals surface area contributed by atoms with E-state index in [-0.39, 0.29) is 29.2 Å². The van der Waals surface area contributed by atoms with Crippen LogP contribution in [-0.4, -0.2) is 52.4 Å². The Morgan fingerprint density at radius 3 is 2.35 bits per heavy atom. The van der Waals surface area contributed by atoms with Crippen LogP contribution in [-0.2, 0) is 28.3 Å². The first kappa shape index (κ1) is 31.8. The molecule has 0 aliphatic heterocycles. The number of ether oxygens (including phenoxy) is 1. The molecule has 3 aromatic carbocycles. The van der Waals surface area contributed by atoms with Crippen molar-refractivity contribution in [1.29, 1.82) is 0 Å². The molecule has 2 aromatic heterocycles. The van der Waals surface area contributed by atoms with Gasteiger partial charge in [-0.1, -0.05) is 24.3 Å². The largest absolute Gasteiger partial charge is 0.492 e. The zero-order valence-corrected chi connectivity index (χ0v) is 25.2. The smallest absolute Gasteiger partial charge is 0.326 e. The highest BCUT2D eigenvalue weighted by molar-refractivity contribution is 7.92. The molecule has 0 bridgehead atoms. The van der Waals surface area contributed by atoms with Crippen LogP contribution in [0.1, 0.15) is 22.8 Å². The average molecular weight is 652 g/mol. The van der Waals surface area contributed by atoms with Crippen molar-refractivity contribution in [3.63, 3.8) is 0 Å². The molecule has 0 radical (unpaired) electrons. The Morgan fingerprint density at radius 2 is 1.72 bits per heavy atom. The van der Waals surface area contributed by atoms with Gasteiger partial charge < -0.3 is 15.2 Å². The molecule has 0 fully saturated rings. The summed E-state index contributed by atoms with van der Waals surface area (Å²) in [7, 11) is -2.65. The number of carboxylic acids is 1. The molecule has 0 unspecified atom stereocenters. The molecular formula is C31H27F2N5O7S. The number of aromatic nitrogens is 3. The zero-order chi connectivity index (χ0) is 33.2. The topological polar surface area (TPSA) is 162 Å². The fourth-order valence-corrected chi connectivity index (χ4v) is 6.11. The number of aliphatic carboxylic acids is 1. The standard InChI is InChI=1S/C31H27F2N5O7S/c1-3-45-26-6-4-5-7-27(26)46(43,44)36-19-15-22(32)28(23(33)16-19)29(39)35-24(31(41)42)14-18-8-10-20(11-9-18)38-30(40)21-12-13-34-17-25(21)37(38)2/h4-13,15-17,24,36H,3,14H2,1-2H3,(H,35,39)(H,41,42)/t24-/m0/s1. The summed E-state index contributed by atoms with van der Waals surface area (Å²) in [6, 6.07) is 13.2. The number of aryl methyl sites for hydroxylation is 1. The van der Waals surface area contributed by atoms with Gasteiger partial charge >= 0.3 is 5.97 Å². The summed E-state index contributed by atoms with van der Waals surface area (Å²) in [4.78, 5) is 41.5. The van der Waals surface area contributed by atoms with Crippen LogP contribution in [0.5, 0.6) is 5.75 Å². The van der Waals surface area contributed by atoms with Gasteiger partial charge in [-0.05, 0) is 55.0 Å². The SMILES string of the molecule is CCOc1ccccc1S(=O)(=O)Nc1cc(F)c(C(=O)N[C@@H](Cc2ccc(-n3c(=O)c4ccncc4n3C)cc2)C(=O)O)c(F)c1. The molecule has 1 atom stereocenters. The van der Waals surface area contributed by atoms with Crippen molar-refractivity contribution in [2.75, 3.05) is 11.3 Å². The number of para-hydroxylation sites is 1. The van der Waals surface area contributed by atoms with E-state index in [1.165, 1.54) is 29.1 Å². The summed E-state index contributed by atoms with van der Waals surface area (Å²) in [5.41, 5.74) is -0.325. The van der Waals surface area contributed by atoms with E-state index in [0.717, 1.165) is 0 Å². The van der Waals surface area contributed by atoms with E-state index in [9.17, 15) is 27.9 Å². The predicted molar refractivity (Wildman–Crippen MR) is 164 cm³/mol. The van der Waals surface area contributed by atoms with Crippen molar-refractivity contribution in [3.8, 4) is 11.4 Å². The average Bonchev–Trinajstić information content (AvgIpc) is 3.26. The fourth-order valence-electron chi connectivity index (χ4n) is 4.92. The first-order chi connectivity index (χ1) is 21.9. The number of sulfonamides is 1. The quantitative estimate of drug-likeness (QED) is 0.195. The summed E-state index contributed by atoms with van der Waals surface area (Å²) in [5.74, 6) is -5.63. The summed E-state index contributed by atoms with van der Waals surface area (Å²) < 4.78 is 66.3. The third-order valence-corrected chi connectivity index (χ3v) is 8.48. The second kappa shape index (κ2) is 12.8. The molecule has 5 aromatic rings. The lowest BCUT2D eigenvalue weighted by molar-refractivity contribution is -0.139. The van der Waals surface area contributed by atoms with Crippen LogP contribution < -0.4 is 20.3 Å². The van der Waals surface area contributed by atoms with Gasteiger partial charge in [0.15, 0.2) is 0 Å². The zero-order valence-electron chi connectivity index (χ0n) is 24.4. The van der Waals surface area contributed by atoms with E-state index in [1.54, 1.807) is 61.2 Å². The van der Waals surface area contributed by atoms with Gasteiger partial charge in [-0.25, -0.2) is 26.7 Å². The van der Waals surface area contributed by atoms with Crippen molar-refractivity contribution in [2.24, 2.45) is 7.05 Å². The molecule has 15 heteroatoms. The van der Waals surface area contributed by atoms with Crippen molar-refractivity contribution < 1.29 is 36.6 Å². The minimum absolute atomic E-state index is 0.0313. The van der Waals surface area contributed by atoms with Crippen molar-refractivity contribution in [2.45, 2.75) is 24.3 Å². The molecule has 238 valence electrons. The van der Waals surface area contributed by atoms with Crippen LogP contribution in [0.4, 0.5) is 14.5 Å². The number of carbonyl (C=O) groups is 2. The minimum Gasteiger partial charge on any atom is -0.492 e. The number of nitrogens with one attached hydrogen (secondary N) is 2. The highest BCUT2D eigenvalue weighted by Crippen LogP contribution is 2.27. The summed E-state index contributed by atoms with van der Waals surface area (Å²) in [5, 5.41) is 12.3. The highest BCUT2D eigenvalue weighted by atomic mass is 32.2. The van der Waals surface area contributed by atoms with Gasteiger partial charge in [0.2, 0.25) is 0 Å². The molecule has 0 aliphatic rings. The number of rotatable bonds is 11. The highest BCUT2D eigenvalue weighted by Gasteiger charge is 2.27. The molecule has 46 heavy (non-hydrogen) atoms. The van der Waals surface area contributed by atoms with Crippen LogP contribution in [0.2, 0.25) is 0 Å². The maximum Gasteiger partial charge on any atom is 0.326 e. The number of benzene rings is 3. The van der Waals surface area contributed by atoms with Crippen molar-refractivity contribution in [3.05, 3.63) is 112 Å². The van der Waals surface area contributed by atoms with E-state index < -0.39 is 50.8 Å². The fraction of sp³-hybridized carbons (Fsp3) is 0.161. The van der Waals surface area contributed by atoms with Crippen LogP contribution in [0.25, 0.3) is 16.6 Å². The van der Waals surface area contributed by atoms with Crippen LogP contribution >= 0.6 is 0 Å². The molecular weight excluding hydrogens is 624 g/mol. The first-order valence-electron chi connectivity index (χ1n) is 13.8. The Morgan fingerprint density at radius 1 is 1.04 bits per heavy atom. The second-order valence-electron chi connectivity index (χ2n) is 10.1. The van der Waals surface area contributed by atoms with Crippen LogP contribution in [0.3, 0.4) is 0 Å². The van der Waals surface area contributed by atoms with E-state index >= 15 is 8.78 Å². The molecule has 5 rings (SSSR count). The number of pyridine rings is 1. The Bertz CT molecular complexity index is 2110.